The Labute approximate surface area is 265 Å². The van der Waals surface area contributed by atoms with Gasteiger partial charge < -0.3 is 10.2 Å². The molecule has 3 nitrogen and oxygen atoms in total. The van der Waals surface area contributed by atoms with Gasteiger partial charge >= 0.3 is 0 Å². The molecule has 5 rings (SSSR count). The molecule has 0 radical (unpaired) electrons. The van der Waals surface area contributed by atoms with Crippen molar-refractivity contribution in [3.05, 3.63) is 180 Å². The zero-order valence-electron chi connectivity index (χ0n) is 24.2. The Balaban J connectivity index is 0.000000215. The second-order valence-corrected chi connectivity index (χ2v) is 10.9. The van der Waals surface area contributed by atoms with Crippen LogP contribution in [0.1, 0.15) is 11.1 Å². The summed E-state index contributed by atoms with van der Waals surface area (Å²) in [6.07, 6.45) is 5.98. The number of hydrogen-bond acceptors (Lipinski definition) is 3. The molecule has 0 aliphatic carbocycles. The number of benzene rings is 5. The number of rotatable bonds is 9. The molecular formula is C38H35N3S2. The Kier molecular flexibility index (Phi) is 13.0. The number of anilines is 1. The fourth-order valence-corrected chi connectivity index (χ4v) is 4.78. The first kappa shape index (κ1) is 31.2. The van der Waals surface area contributed by atoms with Gasteiger partial charge in [-0.1, -0.05) is 145 Å². The average Bonchev–Trinajstić information content (AvgIpc) is 3.06. The maximum atomic E-state index is 5.24. The summed E-state index contributed by atoms with van der Waals surface area (Å²) >= 11 is 6.93. The first-order chi connectivity index (χ1) is 21.2. The SMILES string of the molecule is CN(Cc1ccccc1)C(/C=C/Sc1ccccc1)=Nc1ccccc1.S=C(/C=C\c1ccccc1)Nc1ccccc1. The molecule has 43 heavy (non-hydrogen) atoms. The lowest BCUT2D eigenvalue weighted by Gasteiger charge is -2.19. The van der Waals surface area contributed by atoms with Gasteiger partial charge in [0.2, 0.25) is 0 Å². The monoisotopic (exact) mass is 597 g/mol. The molecule has 5 aromatic rings. The van der Waals surface area contributed by atoms with E-state index in [-0.39, 0.29) is 0 Å². The molecule has 0 aliphatic rings. The third-order valence-corrected chi connectivity index (χ3v) is 7.14. The minimum Gasteiger partial charge on any atom is -0.355 e. The topological polar surface area (TPSA) is 27.6 Å². The van der Waals surface area contributed by atoms with Crippen LogP contribution in [0.2, 0.25) is 0 Å². The standard InChI is InChI=1S/C23H22N2S.C15H13NS/c1-25(19-20-11-5-2-6-12-20)23(24-21-13-7-3-8-14-21)17-18-26-22-15-9-4-10-16-22;17-15(16-14-9-5-2-6-10-14)12-11-13-7-3-1-4-8-13/h2-18H,19H2,1H3;1-12H,(H,16,17)/b18-17+,24-23?;12-11-. The van der Waals surface area contributed by atoms with Gasteiger partial charge in [0, 0.05) is 24.2 Å². The predicted octanol–water partition coefficient (Wildman–Crippen LogP) is 10.3. The van der Waals surface area contributed by atoms with E-state index in [2.05, 4.69) is 77.3 Å². The molecule has 5 heteroatoms. The average molecular weight is 598 g/mol. The molecule has 0 heterocycles. The number of hydrogen-bond donors (Lipinski definition) is 1. The first-order valence-electron chi connectivity index (χ1n) is 14.0. The van der Waals surface area contributed by atoms with Crippen molar-refractivity contribution >= 4 is 52.3 Å². The van der Waals surface area contributed by atoms with E-state index in [0.29, 0.717) is 4.99 Å². The molecule has 0 aliphatic heterocycles. The normalized spacial score (nSPS) is 11.1. The van der Waals surface area contributed by atoms with Crippen molar-refractivity contribution in [3.63, 3.8) is 0 Å². The summed E-state index contributed by atoms with van der Waals surface area (Å²) < 4.78 is 0. The van der Waals surface area contributed by atoms with Crippen LogP contribution < -0.4 is 5.32 Å². The van der Waals surface area contributed by atoms with Crippen molar-refractivity contribution in [2.75, 3.05) is 12.4 Å². The van der Waals surface area contributed by atoms with Crippen molar-refractivity contribution in [3.8, 4) is 0 Å². The van der Waals surface area contributed by atoms with Crippen molar-refractivity contribution in [2.45, 2.75) is 11.4 Å². The second-order valence-electron chi connectivity index (χ2n) is 9.48. The van der Waals surface area contributed by atoms with Crippen LogP contribution in [0, 0.1) is 0 Å². The number of nitrogens with zero attached hydrogens (tertiary/aromatic N) is 2. The lowest BCUT2D eigenvalue weighted by Crippen LogP contribution is -2.24. The molecular weight excluding hydrogens is 563 g/mol. The van der Waals surface area contributed by atoms with Crippen LogP contribution in [0.4, 0.5) is 11.4 Å². The van der Waals surface area contributed by atoms with Gasteiger partial charge in [0.15, 0.2) is 0 Å². The van der Waals surface area contributed by atoms with E-state index in [4.69, 9.17) is 17.2 Å². The van der Waals surface area contributed by atoms with Gasteiger partial charge in [-0.15, -0.1) is 0 Å². The smallest absolute Gasteiger partial charge is 0.129 e. The third-order valence-electron chi connectivity index (χ3n) is 6.09. The molecule has 0 aromatic heterocycles. The number of thioether (sulfide) groups is 1. The van der Waals surface area contributed by atoms with E-state index < -0.39 is 0 Å². The van der Waals surface area contributed by atoms with Crippen molar-refractivity contribution in [2.24, 2.45) is 4.99 Å². The van der Waals surface area contributed by atoms with Crippen molar-refractivity contribution in [1.82, 2.24) is 4.90 Å². The highest BCUT2D eigenvalue weighted by atomic mass is 32.2. The summed E-state index contributed by atoms with van der Waals surface area (Å²) in [5, 5.41) is 5.25. The van der Waals surface area contributed by atoms with Crippen LogP contribution in [0.15, 0.2) is 179 Å². The maximum Gasteiger partial charge on any atom is 0.129 e. The summed E-state index contributed by atoms with van der Waals surface area (Å²) in [4.78, 5) is 8.92. The molecule has 214 valence electrons. The van der Waals surface area contributed by atoms with E-state index in [9.17, 15) is 0 Å². The van der Waals surface area contributed by atoms with E-state index >= 15 is 0 Å². The summed E-state index contributed by atoms with van der Waals surface area (Å²) in [5.74, 6) is 0.934. The Morgan fingerprint density at radius 2 is 1.23 bits per heavy atom. The summed E-state index contributed by atoms with van der Waals surface area (Å²) in [6, 6.07) is 50.9. The molecule has 0 unspecified atom stereocenters. The minimum atomic E-state index is 0.708. The lowest BCUT2D eigenvalue weighted by atomic mass is 10.2. The molecule has 0 atom stereocenters. The lowest BCUT2D eigenvalue weighted by molar-refractivity contribution is 0.503. The van der Waals surface area contributed by atoms with Gasteiger partial charge in [-0.25, -0.2) is 4.99 Å². The van der Waals surface area contributed by atoms with Crippen LogP contribution in [-0.4, -0.2) is 22.8 Å². The van der Waals surface area contributed by atoms with Gasteiger partial charge in [0.25, 0.3) is 0 Å². The first-order valence-corrected chi connectivity index (χ1v) is 15.3. The Hall–Kier alpha value is -4.71. The fourth-order valence-electron chi connectivity index (χ4n) is 3.94. The summed E-state index contributed by atoms with van der Waals surface area (Å²) in [5.41, 5.74) is 4.37. The van der Waals surface area contributed by atoms with Crippen LogP contribution in [0.5, 0.6) is 0 Å². The highest BCUT2D eigenvalue weighted by Crippen LogP contribution is 2.19. The van der Waals surface area contributed by atoms with Gasteiger partial charge in [-0.3, -0.25) is 0 Å². The Bertz CT molecular complexity index is 1590. The van der Waals surface area contributed by atoms with E-state index in [0.717, 1.165) is 29.3 Å². The molecule has 0 amide bonds. The zero-order chi connectivity index (χ0) is 30.0. The molecule has 0 saturated carbocycles. The summed E-state index contributed by atoms with van der Waals surface area (Å²) in [7, 11) is 2.08. The molecule has 1 N–H and O–H groups in total. The van der Waals surface area contributed by atoms with Gasteiger partial charge in [-0.05, 0) is 65.1 Å². The van der Waals surface area contributed by atoms with Crippen LogP contribution in [0.25, 0.3) is 6.08 Å². The van der Waals surface area contributed by atoms with Gasteiger partial charge in [0.05, 0.1) is 5.69 Å². The summed E-state index contributed by atoms with van der Waals surface area (Å²) in [6.45, 7) is 0.812. The number of amidine groups is 1. The van der Waals surface area contributed by atoms with Crippen LogP contribution in [-0.2, 0) is 6.54 Å². The fraction of sp³-hybridized carbons (Fsp3) is 0.0526. The Morgan fingerprint density at radius 1 is 0.698 bits per heavy atom. The number of para-hydroxylation sites is 2. The maximum absolute atomic E-state index is 5.24. The highest BCUT2D eigenvalue weighted by Gasteiger charge is 2.05. The second kappa shape index (κ2) is 18.0. The van der Waals surface area contributed by atoms with Crippen molar-refractivity contribution in [1.29, 1.82) is 0 Å². The molecule has 0 spiro atoms. The van der Waals surface area contributed by atoms with Gasteiger partial charge in [-0.2, -0.15) is 0 Å². The minimum absolute atomic E-state index is 0.708. The zero-order valence-corrected chi connectivity index (χ0v) is 25.8. The predicted molar refractivity (Wildman–Crippen MR) is 191 cm³/mol. The molecule has 0 saturated heterocycles. The van der Waals surface area contributed by atoms with Crippen LogP contribution in [0.3, 0.4) is 0 Å². The largest absolute Gasteiger partial charge is 0.355 e. The number of nitrogens with one attached hydrogen (secondary N) is 1. The van der Waals surface area contributed by atoms with E-state index in [1.807, 2.05) is 115 Å². The third kappa shape index (κ3) is 12.0. The quantitative estimate of drug-likeness (QED) is 0.0601. The molecule has 0 fully saturated rings. The molecule has 0 bridgehead atoms. The number of likely N-dealkylation sites (N-methyl/N-ethyl adjacent to an activating group) is 1. The molecule has 5 aromatic carbocycles. The van der Waals surface area contributed by atoms with Gasteiger partial charge in [0.1, 0.15) is 10.8 Å². The Morgan fingerprint density at radius 3 is 1.86 bits per heavy atom. The van der Waals surface area contributed by atoms with Crippen molar-refractivity contribution < 1.29 is 0 Å². The number of aliphatic imine (C=N–C) groups is 1. The van der Waals surface area contributed by atoms with E-state index in [1.54, 1.807) is 11.8 Å². The van der Waals surface area contributed by atoms with E-state index in [1.165, 1.54) is 10.5 Å². The highest BCUT2D eigenvalue weighted by molar-refractivity contribution is 8.02. The van der Waals surface area contributed by atoms with Crippen LogP contribution >= 0.6 is 24.0 Å². The number of thiocarbonyl (C=S) groups is 1.